The SMILES string of the molecule is C#CC(=C)N=COC. The summed E-state index contributed by atoms with van der Waals surface area (Å²) >= 11 is 0. The van der Waals surface area contributed by atoms with Crippen molar-refractivity contribution in [3.8, 4) is 12.3 Å². The standard InChI is InChI=1S/C6H7NO/c1-4-6(2)7-5-8-3/h1,5H,2H2,3H3. The molecule has 0 saturated heterocycles. The van der Waals surface area contributed by atoms with Crippen LogP contribution in [-0.4, -0.2) is 13.5 Å². The fourth-order valence-corrected chi connectivity index (χ4v) is 0.154. The molecule has 0 aromatic rings. The van der Waals surface area contributed by atoms with Crippen LogP contribution in [0.3, 0.4) is 0 Å². The lowest BCUT2D eigenvalue weighted by atomic mass is 10.5. The molecule has 0 spiro atoms. The summed E-state index contributed by atoms with van der Waals surface area (Å²) < 4.78 is 4.47. The van der Waals surface area contributed by atoms with Gasteiger partial charge in [0, 0.05) is 0 Å². The van der Waals surface area contributed by atoms with E-state index in [1.54, 1.807) is 0 Å². The van der Waals surface area contributed by atoms with E-state index in [9.17, 15) is 0 Å². The summed E-state index contributed by atoms with van der Waals surface area (Å²) in [4.78, 5) is 3.58. The molecular formula is C6H7NO. The van der Waals surface area contributed by atoms with Gasteiger partial charge in [0.15, 0.2) is 6.40 Å². The van der Waals surface area contributed by atoms with E-state index < -0.39 is 0 Å². The maximum absolute atomic E-state index is 4.89. The molecule has 0 amide bonds. The summed E-state index contributed by atoms with van der Waals surface area (Å²) in [7, 11) is 1.49. The van der Waals surface area contributed by atoms with Gasteiger partial charge in [-0.1, -0.05) is 12.5 Å². The molecule has 2 nitrogen and oxygen atoms in total. The average Bonchev–Trinajstić information content (AvgIpc) is 1.83. The van der Waals surface area contributed by atoms with Crippen LogP contribution in [0.5, 0.6) is 0 Å². The topological polar surface area (TPSA) is 21.6 Å². The Bertz CT molecular complexity index is 141. The van der Waals surface area contributed by atoms with E-state index in [2.05, 4.69) is 22.2 Å². The second kappa shape index (κ2) is 3.94. The zero-order chi connectivity index (χ0) is 6.41. The van der Waals surface area contributed by atoms with E-state index in [1.807, 2.05) is 0 Å². The van der Waals surface area contributed by atoms with Gasteiger partial charge in [-0.2, -0.15) is 0 Å². The summed E-state index contributed by atoms with van der Waals surface area (Å²) in [6.07, 6.45) is 6.13. The quantitative estimate of drug-likeness (QED) is 0.292. The molecule has 0 aromatic heterocycles. The molecule has 0 bridgehead atoms. The number of nitrogens with zero attached hydrogens (tertiary/aromatic N) is 1. The van der Waals surface area contributed by atoms with E-state index in [1.165, 1.54) is 13.5 Å². The number of hydrogen-bond acceptors (Lipinski definition) is 2. The van der Waals surface area contributed by atoms with Gasteiger partial charge < -0.3 is 4.74 Å². The molecular weight excluding hydrogens is 102 g/mol. The van der Waals surface area contributed by atoms with Crippen LogP contribution in [0.15, 0.2) is 17.3 Å². The predicted molar refractivity (Wildman–Crippen MR) is 33.5 cm³/mol. The molecule has 0 radical (unpaired) electrons. The summed E-state index contributed by atoms with van der Waals surface area (Å²) in [5.41, 5.74) is 0.367. The number of aliphatic imine (C=N–C) groups is 1. The Kier molecular flexibility index (Phi) is 3.34. The first-order valence-electron chi connectivity index (χ1n) is 2.02. The van der Waals surface area contributed by atoms with Crippen LogP contribution in [0.25, 0.3) is 0 Å². The summed E-state index contributed by atoms with van der Waals surface area (Å²) in [6, 6.07) is 0. The van der Waals surface area contributed by atoms with Crippen molar-refractivity contribution in [3.63, 3.8) is 0 Å². The first-order chi connectivity index (χ1) is 3.81. The molecule has 0 N–H and O–H groups in total. The molecule has 42 valence electrons. The predicted octanol–water partition coefficient (Wildman–Crippen LogP) is 0.808. The van der Waals surface area contributed by atoms with Crippen molar-refractivity contribution >= 4 is 6.40 Å². The van der Waals surface area contributed by atoms with Gasteiger partial charge in [0.25, 0.3) is 0 Å². The smallest absolute Gasteiger partial charge is 0.174 e. The molecule has 0 aliphatic carbocycles. The highest BCUT2D eigenvalue weighted by molar-refractivity contribution is 5.50. The minimum Gasteiger partial charge on any atom is -0.486 e. The van der Waals surface area contributed by atoms with Crippen molar-refractivity contribution in [2.45, 2.75) is 0 Å². The third-order valence-electron chi connectivity index (χ3n) is 0.481. The van der Waals surface area contributed by atoms with Crippen molar-refractivity contribution in [2.75, 3.05) is 7.11 Å². The Morgan fingerprint density at radius 3 is 3.00 bits per heavy atom. The van der Waals surface area contributed by atoms with Gasteiger partial charge in [-0.05, 0) is 0 Å². The number of hydrogen-bond donors (Lipinski definition) is 0. The van der Waals surface area contributed by atoms with Gasteiger partial charge in [0.05, 0.1) is 7.11 Å². The van der Waals surface area contributed by atoms with Gasteiger partial charge in [0.1, 0.15) is 5.70 Å². The fraction of sp³-hybridized carbons (Fsp3) is 0.167. The maximum Gasteiger partial charge on any atom is 0.174 e. The Hall–Kier alpha value is -1.23. The molecule has 0 atom stereocenters. The van der Waals surface area contributed by atoms with Crippen LogP contribution in [0.4, 0.5) is 0 Å². The van der Waals surface area contributed by atoms with Crippen LogP contribution in [-0.2, 0) is 4.74 Å². The summed E-state index contributed by atoms with van der Waals surface area (Å²) in [6.45, 7) is 3.40. The highest BCUT2D eigenvalue weighted by Crippen LogP contribution is 1.84. The van der Waals surface area contributed by atoms with Gasteiger partial charge in [0.2, 0.25) is 0 Å². The summed E-state index contributed by atoms with van der Waals surface area (Å²) in [5, 5.41) is 0. The van der Waals surface area contributed by atoms with Crippen LogP contribution in [0.2, 0.25) is 0 Å². The highest BCUT2D eigenvalue weighted by atomic mass is 16.5. The maximum atomic E-state index is 4.89. The third-order valence-corrected chi connectivity index (χ3v) is 0.481. The Morgan fingerprint density at radius 1 is 2.00 bits per heavy atom. The molecule has 0 aliphatic heterocycles. The van der Waals surface area contributed by atoms with E-state index in [4.69, 9.17) is 6.42 Å². The largest absolute Gasteiger partial charge is 0.486 e. The highest BCUT2D eigenvalue weighted by Gasteiger charge is 1.73. The molecule has 0 fully saturated rings. The van der Waals surface area contributed by atoms with Crippen molar-refractivity contribution in [3.05, 3.63) is 12.3 Å². The number of ether oxygens (including phenoxy) is 1. The minimum atomic E-state index is 0.367. The Balaban J connectivity index is 3.58. The lowest BCUT2D eigenvalue weighted by Crippen LogP contribution is -1.76. The van der Waals surface area contributed by atoms with Gasteiger partial charge in [-0.3, -0.25) is 0 Å². The van der Waals surface area contributed by atoms with Crippen molar-refractivity contribution in [1.82, 2.24) is 0 Å². The third kappa shape index (κ3) is 2.98. The van der Waals surface area contributed by atoms with Gasteiger partial charge in [-0.15, -0.1) is 6.42 Å². The lowest BCUT2D eigenvalue weighted by molar-refractivity contribution is 0.422. The lowest BCUT2D eigenvalue weighted by Gasteiger charge is -1.83. The number of allylic oxidation sites excluding steroid dienone is 1. The molecule has 0 unspecified atom stereocenters. The van der Waals surface area contributed by atoms with E-state index in [0.717, 1.165) is 0 Å². The van der Waals surface area contributed by atoms with Crippen LogP contribution >= 0.6 is 0 Å². The Morgan fingerprint density at radius 2 is 2.62 bits per heavy atom. The van der Waals surface area contributed by atoms with Crippen LogP contribution in [0.1, 0.15) is 0 Å². The van der Waals surface area contributed by atoms with E-state index in [-0.39, 0.29) is 0 Å². The zero-order valence-corrected chi connectivity index (χ0v) is 4.72. The van der Waals surface area contributed by atoms with Gasteiger partial charge in [-0.25, -0.2) is 4.99 Å². The molecule has 0 heterocycles. The van der Waals surface area contributed by atoms with Crippen molar-refractivity contribution in [1.29, 1.82) is 0 Å². The fourth-order valence-electron chi connectivity index (χ4n) is 0.154. The molecule has 2 heteroatoms. The van der Waals surface area contributed by atoms with Gasteiger partial charge >= 0.3 is 0 Å². The number of terminal acetylenes is 1. The second-order valence-corrected chi connectivity index (χ2v) is 1.06. The first-order valence-corrected chi connectivity index (χ1v) is 2.02. The second-order valence-electron chi connectivity index (χ2n) is 1.06. The van der Waals surface area contributed by atoms with Crippen molar-refractivity contribution < 1.29 is 4.74 Å². The molecule has 0 saturated carbocycles. The van der Waals surface area contributed by atoms with Crippen LogP contribution in [0, 0.1) is 12.3 Å². The number of methoxy groups -OCH3 is 1. The zero-order valence-electron chi connectivity index (χ0n) is 4.72. The van der Waals surface area contributed by atoms with E-state index in [0.29, 0.717) is 5.70 Å². The number of rotatable bonds is 2. The van der Waals surface area contributed by atoms with Crippen molar-refractivity contribution in [2.24, 2.45) is 4.99 Å². The molecule has 0 aliphatic rings. The van der Waals surface area contributed by atoms with E-state index >= 15 is 0 Å². The summed E-state index contributed by atoms with van der Waals surface area (Å²) in [5.74, 6) is 2.23. The Labute approximate surface area is 48.9 Å². The average molecular weight is 109 g/mol. The first kappa shape index (κ1) is 6.77. The monoisotopic (exact) mass is 109 g/mol. The normalized spacial score (nSPS) is 8.50. The van der Waals surface area contributed by atoms with Crippen LogP contribution < -0.4 is 0 Å². The minimum absolute atomic E-state index is 0.367. The molecule has 0 rings (SSSR count). The molecule has 8 heavy (non-hydrogen) atoms. The molecule has 0 aromatic carbocycles.